The number of rotatable bonds is 5. The van der Waals surface area contributed by atoms with E-state index in [0.29, 0.717) is 6.61 Å². The number of amides is 2. The Morgan fingerprint density at radius 2 is 1.91 bits per heavy atom. The van der Waals surface area contributed by atoms with Gasteiger partial charge in [0.25, 0.3) is 0 Å². The maximum atomic E-state index is 12.7. The minimum absolute atomic E-state index is 0.165. The van der Waals surface area contributed by atoms with Gasteiger partial charge in [0, 0.05) is 0 Å². The van der Waals surface area contributed by atoms with E-state index in [1.54, 1.807) is 0 Å². The van der Waals surface area contributed by atoms with Gasteiger partial charge in [0.1, 0.15) is 6.61 Å². The summed E-state index contributed by atoms with van der Waals surface area (Å²) in [6, 6.07) is 7.93. The molecule has 1 aromatic carbocycles. The van der Waals surface area contributed by atoms with Crippen LogP contribution in [-0.2, 0) is 16.0 Å². The quantitative estimate of drug-likeness (QED) is 0.832. The van der Waals surface area contributed by atoms with Crippen molar-refractivity contribution in [3.05, 3.63) is 35.4 Å². The minimum Gasteiger partial charge on any atom is -0.447 e. The van der Waals surface area contributed by atoms with E-state index in [9.17, 15) is 9.59 Å². The smallest absolute Gasteiger partial charge is 0.417 e. The second-order valence-electron chi connectivity index (χ2n) is 6.31. The van der Waals surface area contributed by atoms with E-state index in [1.165, 1.54) is 10.5 Å². The summed E-state index contributed by atoms with van der Waals surface area (Å²) in [7, 11) is 0. The molecule has 0 bridgehead atoms. The highest BCUT2D eigenvalue weighted by Crippen LogP contribution is 2.26. The summed E-state index contributed by atoms with van der Waals surface area (Å²) < 4.78 is 5.06. The highest BCUT2D eigenvalue weighted by atomic mass is 16.6. The lowest BCUT2D eigenvalue weighted by atomic mass is 9.96. The van der Waals surface area contributed by atoms with Crippen LogP contribution in [0.5, 0.6) is 0 Å². The van der Waals surface area contributed by atoms with Crippen molar-refractivity contribution >= 4 is 12.0 Å². The zero-order valence-electron chi connectivity index (χ0n) is 13.8. The molecule has 0 unspecified atom stereocenters. The third-order valence-electron chi connectivity index (χ3n) is 4.30. The molecule has 2 rings (SSSR count). The Kier molecular flexibility index (Phi) is 5.22. The highest BCUT2D eigenvalue weighted by molar-refractivity contribution is 5.97. The number of ether oxygens (including phenoxy) is 1. The van der Waals surface area contributed by atoms with Gasteiger partial charge >= 0.3 is 6.09 Å². The SMILES string of the molecule is CCCc1ccc([C@H](C)C(=O)N2C(=O)OC[C@@H]2C(C)C)cc1. The van der Waals surface area contributed by atoms with Gasteiger partial charge in [-0.15, -0.1) is 0 Å². The first-order valence-corrected chi connectivity index (χ1v) is 8.04. The van der Waals surface area contributed by atoms with Gasteiger partial charge < -0.3 is 4.74 Å². The molecule has 0 saturated carbocycles. The summed E-state index contributed by atoms with van der Waals surface area (Å²) in [4.78, 5) is 25.9. The largest absolute Gasteiger partial charge is 0.447 e. The second kappa shape index (κ2) is 6.95. The average molecular weight is 303 g/mol. The van der Waals surface area contributed by atoms with Crippen LogP contribution in [0.3, 0.4) is 0 Å². The third kappa shape index (κ3) is 3.32. The molecule has 22 heavy (non-hydrogen) atoms. The van der Waals surface area contributed by atoms with Crippen LogP contribution in [0.25, 0.3) is 0 Å². The first-order valence-electron chi connectivity index (χ1n) is 8.04. The Morgan fingerprint density at radius 1 is 1.27 bits per heavy atom. The summed E-state index contributed by atoms with van der Waals surface area (Å²) in [5.41, 5.74) is 2.21. The number of nitrogens with zero attached hydrogens (tertiary/aromatic N) is 1. The molecule has 1 aliphatic heterocycles. The Balaban J connectivity index is 2.15. The zero-order valence-corrected chi connectivity index (χ0v) is 13.8. The van der Waals surface area contributed by atoms with Gasteiger partial charge in [-0.3, -0.25) is 4.79 Å². The predicted octanol–water partition coefficient (Wildman–Crippen LogP) is 3.75. The summed E-state index contributed by atoms with van der Waals surface area (Å²) in [6.45, 7) is 8.28. The van der Waals surface area contributed by atoms with Crippen molar-refractivity contribution in [3.8, 4) is 0 Å². The Labute approximate surface area is 132 Å². The zero-order chi connectivity index (χ0) is 16.3. The van der Waals surface area contributed by atoms with Crippen LogP contribution < -0.4 is 0 Å². The molecule has 1 aromatic rings. The number of imide groups is 1. The maximum Gasteiger partial charge on any atom is 0.417 e. The van der Waals surface area contributed by atoms with Crippen LogP contribution in [0.15, 0.2) is 24.3 Å². The van der Waals surface area contributed by atoms with Crippen molar-refractivity contribution in [1.29, 1.82) is 0 Å². The molecule has 2 amide bonds. The lowest BCUT2D eigenvalue weighted by Crippen LogP contribution is -2.43. The van der Waals surface area contributed by atoms with E-state index in [2.05, 4.69) is 19.1 Å². The van der Waals surface area contributed by atoms with Crippen molar-refractivity contribution in [2.75, 3.05) is 6.61 Å². The van der Waals surface area contributed by atoms with Gasteiger partial charge in [0.15, 0.2) is 0 Å². The van der Waals surface area contributed by atoms with Crippen LogP contribution in [0.4, 0.5) is 4.79 Å². The lowest BCUT2D eigenvalue weighted by Gasteiger charge is -2.25. The molecule has 1 saturated heterocycles. The number of carbonyl (C=O) groups is 2. The standard InChI is InChI=1S/C18H25NO3/c1-5-6-14-7-9-15(10-8-14)13(4)17(20)19-16(12(2)3)11-22-18(19)21/h7-10,12-13,16H,5-6,11H2,1-4H3/t13-,16+/m0/s1. The monoisotopic (exact) mass is 303 g/mol. The number of cyclic esters (lactones) is 1. The minimum atomic E-state index is -0.516. The van der Waals surface area contributed by atoms with E-state index in [1.807, 2.05) is 32.9 Å². The van der Waals surface area contributed by atoms with E-state index in [-0.39, 0.29) is 23.8 Å². The maximum absolute atomic E-state index is 12.7. The fraction of sp³-hybridized carbons (Fsp3) is 0.556. The Morgan fingerprint density at radius 3 is 2.45 bits per heavy atom. The fourth-order valence-corrected chi connectivity index (χ4v) is 2.79. The molecular formula is C18H25NO3. The van der Waals surface area contributed by atoms with E-state index < -0.39 is 6.09 Å². The van der Waals surface area contributed by atoms with Crippen molar-refractivity contribution in [3.63, 3.8) is 0 Å². The van der Waals surface area contributed by atoms with Gasteiger partial charge in [-0.25, -0.2) is 9.69 Å². The van der Waals surface area contributed by atoms with Crippen molar-refractivity contribution in [2.24, 2.45) is 5.92 Å². The van der Waals surface area contributed by atoms with Gasteiger partial charge in [-0.05, 0) is 30.4 Å². The van der Waals surface area contributed by atoms with Crippen LogP contribution in [0.1, 0.15) is 51.2 Å². The van der Waals surface area contributed by atoms with Gasteiger partial charge in [0.05, 0.1) is 12.0 Å². The summed E-state index contributed by atoms with van der Waals surface area (Å²) in [5, 5.41) is 0. The van der Waals surface area contributed by atoms with Crippen molar-refractivity contribution in [1.82, 2.24) is 4.90 Å². The molecule has 2 atom stereocenters. The molecule has 4 nitrogen and oxygen atoms in total. The summed E-state index contributed by atoms with van der Waals surface area (Å²) >= 11 is 0. The summed E-state index contributed by atoms with van der Waals surface area (Å²) in [6.07, 6.45) is 1.62. The molecular weight excluding hydrogens is 278 g/mol. The van der Waals surface area contributed by atoms with Crippen LogP contribution in [0.2, 0.25) is 0 Å². The Hall–Kier alpha value is -1.84. The second-order valence-corrected chi connectivity index (χ2v) is 6.31. The fourth-order valence-electron chi connectivity index (χ4n) is 2.79. The van der Waals surface area contributed by atoms with Gasteiger partial charge in [0.2, 0.25) is 5.91 Å². The van der Waals surface area contributed by atoms with Crippen LogP contribution in [0, 0.1) is 5.92 Å². The molecule has 0 radical (unpaired) electrons. The van der Waals surface area contributed by atoms with Crippen molar-refractivity contribution in [2.45, 2.75) is 52.5 Å². The van der Waals surface area contributed by atoms with Crippen LogP contribution in [-0.4, -0.2) is 29.5 Å². The topological polar surface area (TPSA) is 46.6 Å². The third-order valence-corrected chi connectivity index (χ3v) is 4.30. The lowest BCUT2D eigenvalue weighted by molar-refractivity contribution is -0.131. The molecule has 4 heteroatoms. The van der Waals surface area contributed by atoms with Gasteiger partial charge in [-0.1, -0.05) is 51.5 Å². The van der Waals surface area contributed by atoms with Crippen molar-refractivity contribution < 1.29 is 14.3 Å². The first-order chi connectivity index (χ1) is 10.5. The molecule has 1 aliphatic rings. The molecule has 120 valence electrons. The van der Waals surface area contributed by atoms with Crippen LogP contribution >= 0.6 is 0 Å². The molecule has 0 spiro atoms. The van der Waals surface area contributed by atoms with Gasteiger partial charge in [-0.2, -0.15) is 0 Å². The molecule has 0 N–H and O–H groups in total. The van der Waals surface area contributed by atoms with E-state index in [4.69, 9.17) is 4.74 Å². The molecule has 1 fully saturated rings. The number of carbonyl (C=O) groups excluding carboxylic acids is 2. The highest BCUT2D eigenvalue weighted by Gasteiger charge is 2.41. The van der Waals surface area contributed by atoms with E-state index in [0.717, 1.165) is 18.4 Å². The predicted molar refractivity (Wildman–Crippen MR) is 85.7 cm³/mol. The van der Waals surface area contributed by atoms with E-state index >= 15 is 0 Å². The number of benzene rings is 1. The molecule has 0 aromatic heterocycles. The number of hydrogen-bond donors (Lipinski definition) is 0. The molecule has 0 aliphatic carbocycles. The summed E-state index contributed by atoms with van der Waals surface area (Å²) in [5.74, 6) is -0.332. The number of aryl methyl sites for hydroxylation is 1. The molecule has 1 heterocycles. The number of hydrogen-bond acceptors (Lipinski definition) is 3. The average Bonchev–Trinajstić information content (AvgIpc) is 2.89. The normalized spacial score (nSPS) is 19.4. The Bertz CT molecular complexity index is 536. The first kappa shape index (κ1) is 16.5.